The molecule has 182 valence electrons. The van der Waals surface area contributed by atoms with Gasteiger partial charge in [0.25, 0.3) is 0 Å². The van der Waals surface area contributed by atoms with Crippen LogP contribution in [-0.2, 0) is 28.0 Å². The average molecular weight is 467 g/mol. The molecule has 0 saturated carbocycles. The van der Waals surface area contributed by atoms with Gasteiger partial charge in [0.2, 0.25) is 0 Å². The first-order chi connectivity index (χ1) is 16.4. The number of aromatic nitrogens is 3. The van der Waals surface area contributed by atoms with Gasteiger partial charge in [-0.3, -0.25) is 0 Å². The largest absolute Gasteiger partial charge is 0.497 e. The van der Waals surface area contributed by atoms with Gasteiger partial charge in [-0.25, -0.2) is 4.68 Å². The fraction of sp³-hybridized carbons (Fsp3) is 0.462. The SMILES string of the molecule is COc1ccc2c(c1)COc1ccc(C(C)(C)C)cc1-c1nnn(CCOCOCCCN)c1-2. The van der Waals surface area contributed by atoms with Gasteiger partial charge in [-0.1, -0.05) is 32.1 Å². The summed E-state index contributed by atoms with van der Waals surface area (Å²) in [7, 11) is 1.67. The Morgan fingerprint density at radius 1 is 1.06 bits per heavy atom. The van der Waals surface area contributed by atoms with Gasteiger partial charge in [-0.05, 0) is 54.3 Å². The fourth-order valence-corrected chi connectivity index (χ4v) is 3.94. The summed E-state index contributed by atoms with van der Waals surface area (Å²) in [5, 5.41) is 9.11. The number of fused-ring (bicyclic) bond motifs is 5. The maximum atomic E-state index is 6.25. The maximum Gasteiger partial charge on any atom is 0.146 e. The standard InChI is InChI=1S/C26H34N4O4/c1-26(2,3)19-6-9-23-22(15-19)24-25(21-8-7-20(31-4)14-18(21)16-34-23)30(29-28-24)11-13-33-17-32-12-5-10-27/h6-9,14-15H,5,10-13,16-17,27H2,1-4H3. The molecule has 2 heterocycles. The van der Waals surface area contributed by atoms with Crippen molar-refractivity contribution in [3.8, 4) is 34.0 Å². The summed E-state index contributed by atoms with van der Waals surface area (Å²) in [6.07, 6.45) is 0.818. The predicted molar refractivity (Wildman–Crippen MR) is 131 cm³/mol. The van der Waals surface area contributed by atoms with Crippen LogP contribution in [0.3, 0.4) is 0 Å². The van der Waals surface area contributed by atoms with Crippen LogP contribution in [0.1, 0.15) is 38.3 Å². The molecule has 1 aliphatic heterocycles. The molecule has 0 radical (unpaired) electrons. The Morgan fingerprint density at radius 2 is 1.88 bits per heavy atom. The van der Waals surface area contributed by atoms with E-state index in [-0.39, 0.29) is 12.2 Å². The second-order valence-corrected chi connectivity index (χ2v) is 9.36. The van der Waals surface area contributed by atoms with E-state index >= 15 is 0 Å². The van der Waals surface area contributed by atoms with Crippen molar-refractivity contribution in [2.75, 3.05) is 33.7 Å². The first-order valence-corrected chi connectivity index (χ1v) is 11.7. The molecule has 4 rings (SSSR count). The van der Waals surface area contributed by atoms with Crippen LogP contribution in [0.2, 0.25) is 0 Å². The highest BCUT2D eigenvalue weighted by molar-refractivity contribution is 5.84. The van der Waals surface area contributed by atoms with E-state index in [1.54, 1.807) is 7.11 Å². The normalized spacial score (nSPS) is 12.7. The molecule has 2 N–H and O–H groups in total. The van der Waals surface area contributed by atoms with Crippen LogP contribution < -0.4 is 15.2 Å². The summed E-state index contributed by atoms with van der Waals surface area (Å²) < 4.78 is 24.7. The van der Waals surface area contributed by atoms with Crippen LogP contribution >= 0.6 is 0 Å². The summed E-state index contributed by atoms with van der Waals surface area (Å²) in [6.45, 7) is 9.45. The van der Waals surface area contributed by atoms with E-state index in [0.717, 1.165) is 46.0 Å². The maximum absolute atomic E-state index is 6.25. The molecule has 0 fully saturated rings. The number of nitrogens with two attached hydrogens (primary N) is 1. The van der Waals surface area contributed by atoms with Gasteiger partial charge < -0.3 is 24.7 Å². The summed E-state index contributed by atoms with van der Waals surface area (Å²) >= 11 is 0. The molecule has 0 aliphatic carbocycles. The smallest absolute Gasteiger partial charge is 0.146 e. The lowest BCUT2D eigenvalue weighted by atomic mass is 9.85. The van der Waals surface area contributed by atoms with Crippen molar-refractivity contribution in [3.05, 3.63) is 47.5 Å². The Bertz CT molecular complexity index is 1120. The van der Waals surface area contributed by atoms with Gasteiger partial charge in [0.1, 0.15) is 30.6 Å². The van der Waals surface area contributed by atoms with E-state index in [4.69, 9.17) is 24.7 Å². The number of rotatable bonds is 9. The second-order valence-electron chi connectivity index (χ2n) is 9.36. The first kappa shape index (κ1) is 24.2. The number of ether oxygens (including phenoxy) is 4. The lowest BCUT2D eigenvalue weighted by molar-refractivity contribution is -0.0564. The molecule has 8 heteroatoms. The van der Waals surface area contributed by atoms with Crippen molar-refractivity contribution >= 4 is 0 Å². The van der Waals surface area contributed by atoms with Gasteiger partial charge in [0.15, 0.2) is 0 Å². The van der Waals surface area contributed by atoms with Crippen molar-refractivity contribution in [2.45, 2.75) is 45.8 Å². The number of nitrogens with zero attached hydrogens (tertiary/aromatic N) is 3. The Hall–Kier alpha value is -2.94. The molecule has 0 unspecified atom stereocenters. The summed E-state index contributed by atoms with van der Waals surface area (Å²) in [4.78, 5) is 0. The quantitative estimate of drug-likeness (QED) is 0.374. The molecule has 1 aromatic heterocycles. The molecule has 3 aromatic rings. The number of hydrogen-bond acceptors (Lipinski definition) is 7. The zero-order valence-corrected chi connectivity index (χ0v) is 20.5. The van der Waals surface area contributed by atoms with Crippen LogP contribution in [0.15, 0.2) is 36.4 Å². The summed E-state index contributed by atoms with van der Waals surface area (Å²) in [5.41, 5.74) is 11.4. The van der Waals surface area contributed by atoms with Crippen LogP contribution in [0.25, 0.3) is 22.5 Å². The molecule has 0 bridgehead atoms. The van der Waals surface area contributed by atoms with Gasteiger partial charge in [-0.15, -0.1) is 5.10 Å². The van der Waals surface area contributed by atoms with E-state index in [0.29, 0.717) is 32.9 Å². The number of benzene rings is 2. The minimum absolute atomic E-state index is 0.00340. The zero-order chi connectivity index (χ0) is 24.1. The van der Waals surface area contributed by atoms with E-state index in [1.165, 1.54) is 5.56 Å². The third kappa shape index (κ3) is 5.24. The second kappa shape index (κ2) is 10.5. The Balaban J connectivity index is 1.71. The third-order valence-corrected chi connectivity index (χ3v) is 5.89. The average Bonchev–Trinajstić information content (AvgIpc) is 3.23. The monoisotopic (exact) mass is 466 g/mol. The van der Waals surface area contributed by atoms with Crippen molar-refractivity contribution in [3.63, 3.8) is 0 Å². The van der Waals surface area contributed by atoms with Gasteiger partial charge in [0.05, 0.1) is 32.6 Å². The highest BCUT2D eigenvalue weighted by Crippen LogP contribution is 2.42. The topological polar surface area (TPSA) is 93.7 Å². The highest BCUT2D eigenvalue weighted by atomic mass is 16.7. The van der Waals surface area contributed by atoms with Crippen molar-refractivity contribution in [1.29, 1.82) is 0 Å². The lowest BCUT2D eigenvalue weighted by Crippen LogP contribution is -2.14. The minimum Gasteiger partial charge on any atom is -0.497 e. The molecular weight excluding hydrogens is 432 g/mol. The van der Waals surface area contributed by atoms with E-state index in [9.17, 15) is 0 Å². The molecule has 34 heavy (non-hydrogen) atoms. The molecule has 8 nitrogen and oxygen atoms in total. The molecule has 0 amide bonds. The van der Waals surface area contributed by atoms with Crippen LogP contribution in [0.4, 0.5) is 0 Å². The van der Waals surface area contributed by atoms with Crippen molar-refractivity contribution in [2.24, 2.45) is 5.73 Å². The van der Waals surface area contributed by atoms with E-state index < -0.39 is 0 Å². The summed E-state index contributed by atoms with van der Waals surface area (Å²) in [5.74, 6) is 1.57. The fourth-order valence-electron chi connectivity index (χ4n) is 3.94. The Morgan fingerprint density at radius 3 is 2.65 bits per heavy atom. The van der Waals surface area contributed by atoms with Crippen LogP contribution in [0, 0.1) is 0 Å². The Kier molecular flexibility index (Phi) is 7.50. The summed E-state index contributed by atoms with van der Waals surface area (Å²) in [6, 6.07) is 12.3. The van der Waals surface area contributed by atoms with Gasteiger partial charge in [-0.2, -0.15) is 0 Å². The molecule has 0 saturated heterocycles. The third-order valence-electron chi connectivity index (χ3n) is 5.89. The van der Waals surface area contributed by atoms with Crippen LogP contribution in [0.5, 0.6) is 11.5 Å². The zero-order valence-electron chi connectivity index (χ0n) is 20.5. The molecule has 0 spiro atoms. The molecular formula is C26H34N4O4. The van der Waals surface area contributed by atoms with Crippen LogP contribution in [-0.4, -0.2) is 48.7 Å². The molecule has 2 aromatic carbocycles. The first-order valence-electron chi connectivity index (χ1n) is 11.7. The Labute approximate surface area is 201 Å². The van der Waals surface area contributed by atoms with Gasteiger partial charge in [0, 0.05) is 16.7 Å². The van der Waals surface area contributed by atoms with Gasteiger partial charge >= 0.3 is 0 Å². The number of hydrogen-bond donors (Lipinski definition) is 1. The van der Waals surface area contributed by atoms with Crippen molar-refractivity contribution < 1.29 is 18.9 Å². The molecule has 0 atom stereocenters. The van der Waals surface area contributed by atoms with Crippen molar-refractivity contribution in [1.82, 2.24) is 15.0 Å². The minimum atomic E-state index is -0.00340. The number of methoxy groups -OCH3 is 1. The molecule has 1 aliphatic rings. The van der Waals surface area contributed by atoms with E-state index in [2.05, 4.69) is 43.2 Å². The highest BCUT2D eigenvalue weighted by Gasteiger charge is 2.26. The van der Waals surface area contributed by atoms with E-state index in [1.807, 2.05) is 28.9 Å². The predicted octanol–water partition coefficient (Wildman–Crippen LogP) is 4.15. The lowest BCUT2D eigenvalue weighted by Gasteiger charge is -2.23.